The minimum Gasteiger partial charge on any atom is -0.340 e. The molecule has 3 rings (SSSR count). The molecule has 0 atom stereocenters. The Kier molecular flexibility index (Phi) is 3.53. The Hall–Kier alpha value is -2.47. The van der Waals surface area contributed by atoms with Gasteiger partial charge in [-0.05, 0) is 43.1 Å². The van der Waals surface area contributed by atoms with E-state index in [1.54, 1.807) is 13.0 Å². The van der Waals surface area contributed by atoms with E-state index in [0.29, 0.717) is 11.4 Å². The Morgan fingerprint density at radius 2 is 2.29 bits per heavy atom. The fraction of sp³-hybridized carbons (Fsp3) is 0.267. The quantitative estimate of drug-likeness (QED) is 0.669. The number of benzene rings is 1. The molecule has 1 aromatic carbocycles. The van der Waals surface area contributed by atoms with Gasteiger partial charge >= 0.3 is 0 Å². The van der Waals surface area contributed by atoms with Crippen LogP contribution in [0.1, 0.15) is 16.7 Å². The number of fused-ring (bicyclic) bond motifs is 1. The van der Waals surface area contributed by atoms with E-state index in [1.807, 2.05) is 12.1 Å². The summed E-state index contributed by atoms with van der Waals surface area (Å²) in [5.41, 5.74) is 4.23. The molecule has 0 radical (unpaired) electrons. The summed E-state index contributed by atoms with van der Waals surface area (Å²) < 4.78 is 0. The van der Waals surface area contributed by atoms with Crippen molar-refractivity contribution in [1.82, 2.24) is 10.3 Å². The Labute approximate surface area is 122 Å². The van der Waals surface area contributed by atoms with Crippen LogP contribution in [-0.4, -0.2) is 16.5 Å². The van der Waals surface area contributed by atoms with Crippen molar-refractivity contribution in [2.45, 2.75) is 19.9 Å². The van der Waals surface area contributed by atoms with Crippen LogP contribution in [0, 0.1) is 17.0 Å². The van der Waals surface area contributed by atoms with Crippen LogP contribution in [0.25, 0.3) is 0 Å². The number of aromatic nitrogens is 1. The zero-order valence-corrected chi connectivity index (χ0v) is 11.7. The molecule has 0 aliphatic carbocycles. The molecule has 6 heteroatoms. The highest BCUT2D eigenvalue weighted by Gasteiger charge is 2.15. The van der Waals surface area contributed by atoms with Crippen LogP contribution in [-0.2, 0) is 13.0 Å². The van der Waals surface area contributed by atoms with Gasteiger partial charge in [0.1, 0.15) is 12.0 Å². The van der Waals surface area contributed by atoms with Crippen molar-refractivity contribution in [3.8, 4) is 0 Å². The smallest absolute Gasteiger partial charge is 0.290 e. The molecule has 21 heavy (non-hydrogen) atoms. The van der Waals surface area contributed by atoms with Crippen molar-refractivity contribution in [2.24, 2.45) is 0 Å². The second-order valence-electron chi connectivity index (χ2n) is 5.11. The number of aryl methyl sites for hydroxylation is 1. The number of nitro groups is 1. The highest BCUT2D eigenvalue weighted by Crippen LogP contribution is 2.27. The van der Waals surface area contributed by atoms with E-state index in [1.165, 1.54) is 17.3 Å². The number of hydrogen-bond acceptors (Lipinski definition) is 5. The molecule has 0 saturated carbocycles. The molecule has 1 aromatic heterocycles. The van der Waals surface area contributed by atoms with Crippen molar-refractivity contribution >= 4 is 17.2 Å². The van der Waals surface area contributed by atoms with Gasteiger partial charge in [-0.1, -0.05) is 12.1 Å². The molecule has 108 valence electrons. The summed E-state index contributed by atoms with van der Waals surface area (Å²) in [4.78, 5) is 14.5. The summed E-state index contributed by atoms with van der Waals surface area (Å²) >= 11 is 0. The first-order valence-corrected chi connectivity index (χ1v) is 6.84. The zero-order chi connectivity index (χ0) is 14.8. The minimum atomic E-state index is -0.415. The lowest BCUT2D eigenvalue weighted by Gasteiger charge is -2.20. The van der Waals surface area contributed by atoms with Crippen molar-refractivity contribution in [3.63, 3.8) is 0 Å². The molecule has 2 N–H and O–H groups in total. The standard InChI is InChI=1S/C15H16N4O2/c1-10-7-15(17-9-14(10)19(20)21)18-13-4-2-3-11-8-16-6-5-12(11)13/h2-4,7,9,16H,5-6,8H2,1H3,(H,17,18). The highest BCUT2D eigenvalue weighted by atomic mass is 16.6. The summed E-state index contributed by atoms with van der Waals surface area (Å²) in [5, 5.41) is 17.4. The van der Waals surface area contributed by atoms with E-state index in [2.05, 4.69) is 21.7 Å². The normalized spacial score (nSPS) is 13.6. The van der Waals surface area contributed by atoms with E-state index >= 15 is 0 Å². The second-order valence-corrected chi connectivity index (χ2v) is 5.11. The number of nitrogens with one attached hydrogen (secondary N) is 2. The summed E-state index contributed by atoms with van der Waals surface area (Å²) in [7, 11) is 0. The van der Waals surface area contributed by atoms with E-state index in [4.69, 9.17) is 0 Å². The fourth-order valence-corrected chi connectivity index (χ4v) is 2.60. The summed E-state index contributed by atoms with van der Waals surface area (Å²) in [6.07, 6.45) is 2.26. The first-order valence-electron chi connectivity index (χ1n) is 6.84. The Balaban J connectivity index is 1.91. The summed E-state index contributed by atoms with van der Waals surface area (Å²) in [5.74, 6) is 0.630. The van der Waals surface area contributed by atoms with Gasteiger partial charge < -0.3 is 10.6 Å². The van der Waals surface area contributed by atoms with Gasteiger partial charge in [0, 0.05) is 17.8 Å². The van der Waals surface area contributed by atoms with Gasteiger partial charge in [0.2, 0.25) is 0 Å². The summed E-state index contributed by atoms with van der Waals surface area (Å²) in [6.45, 7) is 3.55. The van der Waals surface area contributed by atoms with E-state index < -0.39 is 4.92 Å². The second kappa shape index (κ2) is 5.49. The van der Waals surface area contributed by atoms with Crippen molar-refractivity contribution in [2.75, 3.05) is 11.9 Å². The molecule has 0 fully saturated rings. The van der Waals surface area contributed by atoms with Crippen molar-refractivity contribution in [3.05, 3.63) is 57.3 Å². The number of anilines is 2. The average Bonchev–Trinajstić information content (AvgIpc) is 2.47. The largest absolute Gasteiger partial charge is 0.340 e. The van der Waals surface area contributed by atoms with Gasteiger partial charge in [-0.3, -0.25) is 10.1 Å². The molecule has 0 amide bonds. The topological polar surface area (TPSA) is 80.1 Å². The van der Waals surface area contributed by atoms with Crippen LogP contribution in [0.4, 0.5) is 17.2 Å². The van der Waals surface area contributed by atoms with Crippen LogP contribution in [0.3, 0.4) is 0 Å². The van der Waals surface area contributed by atoms with Gasteiger partial charge in [0.15, 0.2) is 0 Å². The molecular weight excluding hydrogens is 268 g/mol. The molecular formula is C15H16N4O2. The fourth-order valence-electron chi connectivity index (χ4n) is 2.60. The highest BCUT2D eigenvalue weighted by molar-refractivity contribution is 5.64. The molecule has 2 aromatic rings. The van der Waals surface area contributed by atoms with Crippen molar-refractivity contribution < 1.29 is 4.92 Å². The lowest BCUT2D eigenvalue weighted by Crippen LogP contribution is -2.24. The number of pyridine rings is 1. The maximum atomic E-state index is 10.8. The Morgan fingerprint density at radius 1 is 1.43 bits per heavy atom. The summed E-state index contributed by atoms with van der Waals surface area (Å²) in [6, 6.07) is 7.84. The van der Waals surface area contributed by atoms with E-state index in [9.17, 15) is 10.1 Å². The SMILES string of the molecule is Cc1cc(Nc2cccc3c2CCNC3)ncc1[N+](=O)[O-]. The predicted octanol–water partition coefficient (Wildman–Crippen LogP) is 2.69. The van der Waals surface area contributed by atoms with Crippen LogP contribution >= 0.6 is 0 Å². The lowest BCUT2D eigenvalue weighted by molar-refractivity contribution is -0.385. The lowest BCUT2D eigenvalue weighted by atomic mass is 9.99. The molecule has 6 nitrogen and oxygen atoms in total. The van der Waals surface area contributed by atoms with Crippen molar-refractivity contribution in [1.29, 1.82) is 0 Å². The molecule has 1 aliphatic rings. The maximum absolute atomic E-state index is 10.8. The van der Waals surface area contributed by atoms with E-state index in [0.717, 1.165) is 25.2 Å². The molecule has 2 heterocycles. The molecule has 0 unspecified atom stereocenters. The van der Waals surface area contributed by atoms with Gasteiger partial charge in [0.25, 0.3) is 5.69 Å². The van der Waals surface area contributed by atoms with Crippen LogP contribution in [0.2, 0.25) is 0 Å². The first kappa shape index (κ1) is 13.5. The van der Waals surface area contributed by atoms with E-state index in [-0.39, 0.29) is 5.69 Å². The molecule has 0 spiro atoms. The first-order chi connectivity index (χ1) is 10.1. The van der Waals surface area contributed by atoms with Crippen LogP contribution < -0.4 is 10.6 Å². The Bertz CT molecular complexity index is 700. The third-order valence-electron chi connectivity index (χ3n) is 3.68. The third-order valence-corrected chi connectivity index (χ3v) is 3.68. The maximum Gasteiger partial charge on any atom is 0.290 e. The van der Waals surface area contributed by atoms with Crippen LogP contribution in [0.5, 0.6) is 0 Å². The predicted molar refractivity (Wildman–Crippen MR) is 80.8 cm³/mol. The number of hydrogen-bond donors (Lipinski definition) is 2. The third kappa shape index (κ3) is 2.71. The van der Waals surface area contributed by atoms with Gasteiger partial charge in [0.05, 0.1) is 4.92 Å². The molecule has 0 bridgehead atoms. The Morgan fingerprint density at radius 3 is 3.05 bits per heavy atom. The number of nitrogens with zero attached hydrogens (tertiary/aromatic N) is 2. The number of rotatable bonds is 3. The monoisotopic (exact) mass is 284 g/mol. The average molecular weight is 284 g/mol. The minimum absolute atomic E-state index is 0.0415. The molecule has 1 aliphatic heterocycles. The zero-order valence-electron chi connectivity index (χ0n) is 11.7. The van der Waals surface area contributed by atoms with Gasteiger partial charge in [-0.2, -0.15) is 0 Å². The van der Waals surface area contributed by atoms with Crippen LogP contribution in [0.15, 0.2) is 30.5 Å². The van der Waals surface area contributed by atoms with Gasteiger partial charge in [-0.15, -0.1) is 0 Å². The van der Waals surface area contributed by atoms with Gasteiger partial charge in [-0.25, -0.2) is 4.98 Å². The molecule has 0 saturated heterocycles.